The van der Waals surface area contributed by atoms with Crippen molar-refractivity contribution < 1.29 is 13.2 Å². The maximum Gasteiger partial charge on any atom is 0.240 e. The number of carbonyl (C=O) groups is 1. The second-order valence-electron chi connectivity index (χ2n) is 6.20. The van der Waals surface area contributed by atoms with Crippen molar-refractivity contribution in [2.75, 3.05) is 6.54 Å². The molecule has 132 valence electrons. The number of sulfonamides is 1. The molecule has 0 unspecified atom stereocenters. The Bertz CT molecular complexity index is 803. The molecule has 2 aromatic rings. The molecule has 1 amide bonds. The van der Waals surface area contributed by atoms with Gasteiger partial charge in [0, 0.05) is 25.6 Å². The van der Waals surface area contributed by atoms with Crippen molar-refractivity contribution in [3.8, 4) is 0 Å². The van der Waals surface area contributed by atoms with Gasteiger partial charge in [0.1, 0.15) is 0 Å². The number of nitrogens with one attached hydrogen (secondary N) is 1. The molecule has 0 atom stereocenters. The second kappa shape index (κ2) is 7.80. The van der Waals surface area contributed by atoms with Gasteiger partial charge in [-0.2, -0.15) is 0 Å². The number of rotatable bonds is 8. The molecule has 0 bridgehead atoms. The molecule has 2 aromatic carbocycles. The van der Waals surface area contributed by atoms with Crippen molar-refractivity contribution in [2.24, 2.45) is 0 Å². The Balaban J connectivity index is 1.55. The van der Waals surface area contributed by atoms with E-state index in [2.05, 4.69) is 4.72 Å². The lowest BCUT2D eigenvalue weighted by molar-refractivity contribution is -0.132. The van der Waals surface area contributed by atoms with Gasteiger partial charge < -0.3 is 4.90 Å². The Kier molecular flexibility index (Phi) is 5.50. The molecule has 1 N–H and O–H groups in total. The zero-order valence-corrected chi connectivity index (χ0v) is 14.8. The van der Waals surface area contributed by atoms with Gasteiger partial charge in [0.25, 0.3) is 0 Å². The number of hydrogen-bond acceptors (Lipinski definition) is 3. The smallest absolute Gasteiger partial charge is 0.240 e. The lowest BCUT2D eigenvalue weighted by atomic mass is 10.2. The summed E-state index contributed by atoms with van der Waals surface area (Å²) in [5.41, 5.74) is 1.09. The largest absolute Gasteiger partial charge is 0.335 e. The van der Waals surface area contributed by atoms with Crippen LogP contribution in [0.5, 0.6) is 0 Å². The SMILES string of the molecule is O=C(CCNS(=O)(=O)c1ccccc1)N(Cc1ccccc1)C1CC1. The molecule has 1 aliphatic carbocycles. The van der Waals surface area contributed by atoms with Crippen LogP contribution in [-0.2, 0) is 21.4 Å². The normalized spacial score (nSPS) is 14.2. The van der Waals surface area contributed by atoms with Crippen molar-refractivity contribution in [3.63, 3.8) is 0 Å². The molecule has 25 heavy (non-hydrogen) atoms. The molecule has 0 aromatic heterocycles. The second-order valence-corrected chi connectivity index (χ2v) is 7.97. The molecular formula is C19H22N2O3S. The molecule has 6 heteroatoms. The van der Waals surface area contributed by atoms with E-state index in [0.29, 0.717) is 12.6 Å². The molecule has 0 saturated heterocycles. The minimum atomic E-state index is -3.57. The summed E-state index contributed by atoms with van der Waals surface area (Å²) in [6, 6.07) is 18.3. The minimum absolute atomic E-state index is 0.0119. The van der Waals surface area contributed by atoms with Gasteiger partial charge in [-0.15, -0.1) is 0 Å². The number of hydrogen-bond donors (Lipinski definition) is 1. The van der Waals surface area contributed by atoms with Crippen LogP contribution in [0.1, 0.15) is 24.8 Å². The Hall–Kier alpha value is -2.18. The van der Waals surface area contributed by atoms with E-state index in [0.717, 1.165) is 18.4 Å². The van der Waals surface area contributed by atoms with E-state index in [1.807, 2.05) is 35.2 Å². The summed E-state index contributed by atoms with van der Waals surface area (Å²) in [5.74, 6) is -0.0119. The Morgan fingerprint density at radius 1 is 1.00 bits per heavy atom. The van der Waals surface area contributed by atoms with E-state index in [1.54, 1.807) is 18.2 Å². The van der Waals surface area contributed by atoms with Gasteiger partial charge in [0.15, 0.2) is 0 Å². The monoisotopic (exact) mass is 358 g/mol. The average molecular weight is 358 g/mol. The number of nitrogens with zero attached hydrogens (tertiary/aromatic N) is 1. The minimum Gasteiger partial charge on any atom is -0.335 e. The maximum atomic E-state index is 12.5. The fraction of sp³-hybridized carbons (Fsp3) is 0.316. The highest BCUT2D eigenvalue weighted by Crippen LogP contribution is 2.28. The topological polar surface area (TPSA) is 66.5 Å². The molecular weight excluding hydrogens is 336 g/mol. The fourth-order valence-corrected chi connectivity index (χ4v) is 3.76. The lowest BCUT2D eigenvalue weighted by Gasteiger charge is -2.22. The summed E-state index contributed by atoms with van der Waals surface area (Å²) < 4.78 is 26.9. The molecule has 5 nitrogen and oxygen atoms in total. The third-order valence-corrected chi connectivity index (χ3v) is 5.67. The quantitative estimate of drug-likeness (QED) is 0.789. The van der Waals surface area contributed by atoms with Crippen molar-refractivity contribution >= 4 is 15.9 Å². The Labute approximate surface area is 148 Å². The van der Waals surface area contributed by atoms with Crippen LogP contribution in [0.15, 0.2) is 65.6 Å². The van der Waals surface area contributed by atoms with Crippen LogP contribution >= 0.6 is 0 Å². The first kappa shape index (κ1) is 17.6. The third kappa shape index (κ3) is 4.90. The molecule has 3 rings (SSSR count). The Morgan fingerprint density at radius 2 is 1.60 bits per heavy atom. The zero-order valence-electron chi connectivity index (χ0n) is 14.0. The van der Waals surface area contributed by atoms with Crippen LogP contribution in [-0.4, -0.2) is 31.8 Å². The predicted molar refractivity (Wildman–Crippen MR) is 96.3 cm³/mol. The summed E-state index contributed by atoms with van der Waals surface area (Å²) in [6.07, 6.45) is 2.21. The molecule has 0 radical (unpaired) electrons. The fourth-order valence-electron chi connectivity index (χ4n) is 2.71. The number of carbonyl (C=O) groups excluding carboxylic acids is 1. The van der Waals surface area contributed by atoms with Crippen LogP contribution < -0.4 is 4.72 Å². The number of benzene rings is 2. The first-order valence-corrected chi connectivity index (χ1v) is 9.93. The average Bonchev–Trinajstić information content (AvgIpc) is 3.46. The summed E-state index contributed by atoms with van der Waals surface area (Å²) in [5, 5.41) is 0. The zero-order chi connectivity index (χ0) is 17.7. The van der Waals surface area contributed by atoms with E-state index in [4.69, 9.17) is 0 Å². The van der Waals surface area contributed by atoms with Crippen molar-refractivity contribution in [1.29, 1.82) is 0 Å². The highest BCUT2D eigenvalue weighted by molar-refractivity contribution is 7.89. The molecule has 1 fully saturated rings. The molecule has 0 heterocycles. The van der Waals surface area contributed by atoms with Gasteiger partial charge in [0.05, 0.1) is 4.90 Å². The standard InChI is InChI=1S/C19H22N2O3S/c22-19(13-14-20-25(23,24)18-9-5-2-6-10-18)21(17-11-12-17)15-16-7-3-1-4-8-16/h1-10,17,20H,11-15H2. The Morgan fingerprint density at radius 3 is 2.20 bits per heavy atom. The molecule has 1 aliphatic rings. The molecule has 0 aliphatic heterocycles. The van der Waals surface area contributed by atoms with Crippen molar-refractivity contribution in [3.05, 3.63) is 66.2 Å². The van der Waals surface area contributed by atoms with Gasteiger partial charge in [-0.05, 0) is 30.5 Å². The van der Waals surface area contributed by atoms with Crippen LogP contribution in [0.4, 0.5) is 0 Å². The highest BCUT2D eigenvalue weighted by atomic mass is 32.2. The van der Waals surface area contributed by atoms with Crippen LogP contribution in [0.2, 0.25) is 0 Å². The van der Waals surface area contributed by atoms with E-state index in [1.165, 1.54) is 12.1 Å². The predicted octanol–water partition coefficient (Wildman–Crippen LogP) is 2.55. The van der Waals surface area contributed by atoms with Crippen molar-refractivity contribution in [1.82, 2.24) is 9.62 Å². The summed E-state index contributed by atoms with van der Waals surface area (Å²) in [7, 11) is -3.57. The first-order chi connectivity index (χ1) is 12.1. The van der Waals surface area contributed by atoms with Gasteiger partial charge in [-0.25, -0.2) is 13.1 Å². The molecule has 0 spiro atoms. The maximum absolute atomic E-state index is 12.5. The molecule has 1 saturated carbocycles. The number of amides is 1. The van der Waals surface area contributed by atoms with E-state index in [9.17, 15) is 13.2 Å². The lowest BCUT2D eigenvalue weighted by Crippen LogP contribution is -2.35. The van der Waals surface area contributed by atoms with Crippen LogP contribution in [0.25, 0.3) is 0 Å². The summed E-state index contributed by atoms with van der Waals surface area (Å²) >= 11 is 0. The van der Waals surface area contributed by atoms with Gasteiger partial charge >= 0.3 is 0 Å². The van der Waals surface area contributed by atoms with Gasteiger partial charge in [-0.1, -0.05) is 48.5 Å². The highest BCUT2D eigenvalue weighted by Gasteiger charge is 2.32. The van der Waals surface area contributed by atoms with Gasteiger partial charge in [-0.3, -0.25) is 4.79 Å². The van der Waals surface area contributed by atoms with Gasteiger partial charge in [0.2, 0.25) is 15.9 Å². The first-order valence-electron chi connectivity index (χ1n) is 8.44. The van der Waals surface area contributed by atoms with Crippen LogP contribution in [0, 0.1) is 0 Å². The van der Waals surface area contributed by atoms with E-state index >= 15 is 0 Å². The summed E-state index contributed by atoms with van der Waals surface area (Å²) in [6.45, 7) is 0.684. The van der Waals surface area contributed by atoms with Crippen LogP contribution in [0.3, 0.4) is 0 Å². The third-order valence-electron chi connectivity index (χ3n) is 4.19. The van der Waals surface area contributed by atoms with Crippen molar-refractivity contribution in [2.45, 2.75) is 36.7 Å². The van der Waals surface area contributed by atoms with E-state index in [-0.39, 0.29) is 23.8 Å². The van der Waals surface area contributed by atoms with E-state index < -0.39 is 10.0 Å². The summed E-state index contributed by atoms with van der Waals surface area (Å²) in [4.78, 5) is 14.6.